The second-order valence-electron chi connectivity index (χ2n) is 6.98. The highest BCUT2D eigenvalue weighted by Crippen LogP contribution is 2.15. The van der Waals surface area contributed by atoms with Gasteiger partial charge >= 0.3 is 0 Å². The topological polar surface area (TPSA) is 34.1 Å². The van der Waals surface area contributed by atoms with Crippen LogP contribution in [0.5, 0.6) is 0 Å². The van der Waals surface area contributed by atoms with Gasteiger partial charge in [-0.1, -0.05) is 50.1 Å². The molecule has 0 spiro atoms. The van der Waals surface area contributed by atoms with Crippen LogP contribution in [0.3, 0.4) is 0 Å². The second-order valence-corrected chi connectivity index (χ2v) is 6.98. The van der Waals surface area contributed by atoms with E-state index in [0.29, 0.717) is 0 Å². The third-order valence-electron chi connectivity index (χ3n) is 4.94. The SMILES string of the molecule is C1CCCCCC(=NOCCCN2CCOCC2)CCCCC1. The van der Waals surface area contributed by atoms with Crippen LogP contribution in [0.15, 0.2) is 5.16 Å². The van der Waals surface area contributed by atoms with Gasteiger partial charge in [-0.05, 0) is 32.1 Å². The molecule has 1 heterocycles. The summed E-state index contributed by atoms with van der Waals surface area (Å²) in [5.74, 6) is 0. The predicted octanol–water partition coefficient (Wildman–Crippen LogP) is 4.39. The molecule has 4 heteroatoms. The average molecular weight is 325 g/mol. The van der Waals surface area contributed by atoms with Gasteiger partial charge in [0.25, 0.3) is 0 Å². The summed E-state index contributed by atoms with van der Waals surface area (Å²) in [5, 5.41) is 4.47. The van der Waals surface area contributed by atoms with E-state index < -0.39 is 0 Å². The first-order valence-corrected chi connectivity index (χ1v) is 9.93. The van der Waals surface area contributed by atoms with Crippen molar-refractivity contribution >= 4 is 5.71 Å². The molecule has 0 unspecified atom stereocenters. The van der Waals surface area contributed by atoms with Gasteiger partial charge in [0.1, 0.15) is 6.61 Å². The van der Waals surface area contributed by atoms with E-state index in [1.54, 1.807) is 0 Å². The van der Waals surface area contributed by atoms with Crippen molar-refractivity contribution in [3.63, 3.8) is 0 Å². The van der Waals surface area contributed by atoms with Gasteiger partial charge in [0.15, 0.2) is 0 Å². The van der Waals surface area contributed by atoms with Crippen LogP contribution in [0.25, 0.3) is 0 Å². The minimum atomic E-state index is 0.751. The van der Waals surface area contributed by atoms with Gasteiger partial charge in [0.2, 0.25) is 0 Å². The molecule has 23 heavy (non-hydrogen) atoms. The highest BCUT2D eigenvalue weighted by molar-refractivity contribution is 5.83. The summed E-state index contributed by atoms with van der Waals surface area (Å²) in [4.78, 5) is 8.07. The number of rotatable bonds is 5. The summed E-state index contributed by atoms with van der Waals surface area (Å²) in [6, 6.07) is 0. The number of nitrogens with zero attached hydrogens (tertiary/aromatic N) is 2. The molecule has 0 bridgehead atoms. The first kappa shape index (κ1) is 18.7. The lowest BCUT2D eigenvalue weighted by Crippen LogP contribution is -2.37. The second kappa shape index (κ2) is 12.8. The van der Waals surface area contributed by atoms with Gasteiger partial charge in [-0.3, -0.25) is 4.90 Å². The van der Waals surface area contributed by atoms with Crippen molar-refractivity contribution in [1.29, 1.82) is 0 Å². The summed E-state index contributed by atoms with van der Waals surface area (Å²) in [5.41, 5.74) is 1.30. The van der Waals surface area contributed by atoms with Crippen LogP contribution in [0, 0.1) is 0 Å². The molecule has 2 aliphatic rings. The third kappa shape index (κ3) is 9.31. The lowest BCUT2D eigenvalue weighted by Gasteiger charge is -2.26. The Bertz CT molecular complexity index is 300. The molecule has 1 aliphatic carbocycles. The molecule has 0 atom stereocenters. The van der Waals surface area contributed by atoms with Gasteiger partial charge in [0, 0.05) is 19.6 Å². The molecule has 0 N–H and O–H groups in total. The zero-order chi connectivity index (χ0) is 16.0. The highest BCUT2D eigenvalue weighted by atomic mass is 16.6. The minimum absolute atomic E-state index is 0.751. The monoisotopic (exact) mass is 324 g/mol. The zero-order valence-electron chi connectivity index (χ0n) is 14.9. The maximum atomic E-state index is 5.62. The highest BCUT2D eigenvalue weighted by Gasteiger charge is 2.09. The van der Waals surface area contributed by atoms with Crippen molar-refractivity contribution in [2.75, 3.05) is 39.5 Å². The van der Waals surface area contributed by atoms with E-state index in [4.69, 9.17) is 9.57 Å². The molecule has 0 aromatic rings. The maximum Gasteiger partial charge on any atom is 0.118 e. The Morgan fingerprint density at radius 1 is 0.826 bits per heavy atom. The van der Waals surface area contributed by atoms with Crippen LogP contribution >= 0.6 is 0 Å². The van der Waals surface area contributed by atoms with Crippen LogP contribution in [0.4, 0.5) is 0 Å². The molecule has 134 valence electrons. The van der Waals surface area contributed by atoms with Crippen molar-refractivity contribution in [2.24, 2.45) is 5.16 Å². The third-order valence-corrected chi connectivity index (χ3v) is 4.94. The van der Waals surface area contributed by atoms with Crippen LogP contribution in [-0.2, 0) is 9.57 Å². The van der Waals surface area contributed by atoms with Crippen molar-refractivity contribution in [1.82, 2.24) is 4.90 Å². The van der Waals surface area contributed by atoms with Crippen LogP contribution in [0.1, 0.15) is 77.0 Å². The van der Waals surface area contributed by atoms with Gasteiger partial charge in [-0.2, -0.15) is 0 Å². The molecule has 4 nitrogen and oxygen atoms in total. The molecule has 2 rings (SSSR count). The van der Waals surface area contributed by atoms with Crippen molar-refractivity contribution in [3.8, 4) is 0 Å². The van der Waals surface area contributed by atoms with Crippen molar-refractivity contribution < 1.29 is 9.57 Å². The summed E-state index contributed by atoms with van der Waals surface area (Å²) in [6.45, 7) is 5.74. The summed E-state index contributed by atoms with van der Waals surface area (Å²) >= 11 is 0. The molecule has 1 saturated heterocycles. The fourth-order valence-electron chi connectivity index (χ4n) is 3.43. The fraction of sp³-hybridized carbons (Fsp3) is 0.947. The molecule has 1 saturated carbocycles. The molecule has 0 aromatic heterocycles. The van der Waals surface area contributed by atoms with Gasteiger partial charge < -0.3 is 9.57 Å². The van der Waals surface area contributed by atoms with Crippen LogP contribution in [-0.4, -0.2) is 50.1 Å². The lowest BCUT2D eigenvalue weighted by atomic mass is 10.00. The van der Waals surface area contributed by atoms with Crippen LogP contribution < -0.4 is 0 Å². The van der Waals surface area contributed by atoms with E-state index in [-0.39, 0.29) is 0 Å². The van der Waals surface area contributed by atoms with Gasteiger partial charge in [-0.15, -0.1) is 0 Å². The maximum absolute atomic E-state index is 5.62. The minimum Gasteiger partial charge on any atom is -0.396 e. The number of ether oxygens (including phenoxy) is 1. The predicted molar refractivity (Wildman–Crippen MR) is 96.1 cm³/mol. The Balaban J connectivity index is 1.59. The van der Waals surface area contributed by atoms with Gasteiger partial charge in [0.05, 0.1) is 18.9 Å². The smallest absolute Gasteiger partial charge is 0.118 e. The molecule has 0 radical (unpaired) electrons. The summed E-state index contributed by atoms with van der Waals surface area (Å²) in [6.07, 6.45) is 15.7. The van der Waals surface area contributed by atoms with E-state index in [9.17, 15) is 0 Å². The zero-order valence-corrected chi connectivity index (χ0v) is 14.9. The normalized spacial score (nSPS) is 22.9. The van der Waals surface area contributed by atoms with Crippen LogP contribution in [0.2, 0.25) is 0 Å². The first-order chi connectivity index (χ1) is 11.4. The number of oxime groups is 1. The Kier molecular flexibility index (Phi) is 10.4. The first-order valence-electron chi connectivity index (χ1n) is 9.93. The van der Waals surface area contributed by atoms with E-state index in [0.717, 1.165) is 58.7 Å². The van der Waals surface area contributed by atoms with E-state index in [1.165, 1.54) is 63.5 Å². The van der Waals surface area contributed by atoms with Crippen molar-refractivity contribution in [3.05, 3.63) is 0 Å². The summed E-state index contributed by atoms with van der Waals surface area (Å²) in [7, 11) is 0. The molecular weight excluding hydrogens is 288 g/mol. The van der Waals surface area contributed by atoms with E-state index in [1.807, 2.05) is 0 Å². The largest absolute Gasteiger partial charge is 0.396 e. The Morgan fingerprint density at radius 3 is 2.00 bits per heavy atom. The fourth-order valence-corrected chi connectivity index (χ4v) is 3.43. The Labute approximate surface area is 142 Å². The standard InChI is InChI=1S/C19H36N2O2/c1-2-4-6-8-11-19(12-9-7-5-3-1)20-23-16-10-13-21-14-17-22-18-15-21/h1-18H2. The Hall–Kier alpha value is -0.610. The average Bonchev–Trinajstić information content (AvgIpc) is 2.57. The lowest BCUT2D eigenvalue weighted by molar-refractivity contribution is 0.0322. The van der Waals surface area contributed by atoms with E-state index >= 15 is 0 Å². The van der Waals surface area contributed by atoms with Gasteiger partial charge in [-0.25, -0.2) is 0 Å². The van der Waals surface area contributed by atoms with E-state index in [2.05, 4.69) is 10.1 Å². The molecule has 0 amide bonds. The number of hydrogen-bond donors (Lipinski definition) is 0. The number of hydrogen-bond acceptors (Lipinski definition) is 4. The number of morpholine rings is 1. The summed E-state index contributed by atoms with van der Waals surface area (Å²) < 4.78 is 5.37. The molecule has 2 fully saturated rings. The quantitative estimate of drug-likeness (QED) is 0.556. The van der Waals surface area contributed by atoms with Crippen molar-refractivity contribution in [2.45, 2.75) is 77.0 Å². The molecule has 1 aliphatic heterocycles. The molecular formula is C19H36N2O2. The Morgan fingerprint density at radius 2 is 1.39 bits per heavy atom. The molecule has 0 aromatic carbocycles.